The number of imide groups is 2. The number of thioether (sulfide) groups is 2. The lowest BCUT2D eigenvalue weighted by molar-refractivity contribution is -0.412. The summed E-state index contributed by atoms with van der Waals surface area (Å²) in [6.45, 7) is 1.39. The monoisotopic (exact) mass is 584 g/mol. The van der Waals surface area contributed by atoms with Crippen molar-refractivity contribution >= 4 is 59.1 Å². The Hall–Kier alpha value is -2.60. The van der Waals surface area contributed by atoms with Crippen molar-refractivity contribution in [2.24, 2.45) is 5.41 Å². The second-order valence-electron chi connectivity index (χ2n) is 9.76. The molecule has 2 N–H and O–H groups in total. The van der Waals surface area contributed by atoms with Crippen LogP contribution < -0.4 is 0 Å². The number of ether oxygens (including phenoxy) is 2. The molecule has 3 saturated heterocycles. The van der Waals surface area contributed by atoms with E-state index in [1.165, 1.54) is 23.5 Å². The van der Waals surface area contributed by atoms with Crippen LogP contribution in [0.15, 0.2) is 0 Å². The number of rotatable bonds is 14. The molecular weight excluding hydrogens is 552 g/mol. The number of likely N-dealkylation sites (tertiary alicyclic amines) is 2. The lowest BCUT2D eigenvalue weighted by Gasteiger charge is -2.61. The quantitative estimate of drug-likeness (QED) is 0.172. The van der Waals surface area contributed by atoms with E-state index in [1.807, 2.05) is 0 Å². The summed E-state index contributed by atoms with van der Waals surface area (Å²) >= 11 is 2.39. The van der Waals surface area contributed by atoms with Crippen LogP contribution in [0.25, 0.3) is 0 Å². The minimum atomic E-state index is -2.21. The summed E-state index contributed by atoms with van der Waals surface area (Å²) < 4.78 is 12.8. The summed E-state index contributed by atoms with van der Waals surface area (Å²) in [6, 6.07) is 0. The molecule has 3 fully saturated rings. The summed E-state index contributed by atoms with van der Waals surface area (Å²) in [7, 11) is 0. The Morgan fingerprint density at radius 3 is 1.72 bits per heavy atom. The molecule has 0 aromatic rings. The number of carboxylic acid groups (broad SMARTS) is 2. The average molecular weight is 585 g/mol. The molecule has 0 radical (unpaired) electrons. The van der Waals surface area contributed by atoms with Crippen LogP contribution in [0.3, 0.4) is 0 Å². The van der Waals surface area contributed by atoms with Gasteiger partial charge in [-0.05, 0) is 6.92 Å². The summed E-state index contributed by atoms with van der Waals surface area (Å²) in [5.74, 6) is -5.34. The van der Waals surface area contributed by atoms with Crippen LogP contribution in [-0.2, 0) is 38.2 Å². The maximum absolute atomic E-state index is 13.3. The van der Waals surface area contributed by atoms with E-state index in [0.29, 0.717) is 0 Å². The van der Waals surface area contributed by atoms with Crippen molar-refractivity contribution in [2.45, 2.75) is 69.9 Å². The van der Waals surface area contributed by atoms with Crippen LogP contribution in [0, 0.1) is 17.8 Å². The number of amides is 4. The number of carbonyl (C=O) groups is 6. The highest BCUT2D eigenvalue weighted by molar-refractivity contribution is 8.00. The predicted octanol–water partition coefficient (Wildman–Crippen LogP) is 1.52. The van der Waals surface area contributed by atoms with E-state index in [4.69, 9.17) is 26.1 Å². The van der Waals surface area contributed by atoms with Crippen LogP contribution in [0.4, 0.5) is 0 Å². The minimum absolute atomic E-state index is 0.0414. The first-order valence-electron chi connectivity index (χ1n) is 12.5. The topological polar surface area (TPSA) is 168 Å². The fraction of sp³-hybridized carbons (Fsp3) is 0.680. The number of carbonyl (C=O) groups excluding carboxylic acids is 4. The van der Waals surface area contributed by atoms with Gasteiger partial charge in [0.15, 0.2) is 5.79 Å². The van der Waals surface area contributed by atoms with Gasteiger partial charge < -0.3 is 19.7 Å². The van der Waals surface area contributed by atoms with E-state index in [2.05, 4.69) is 5.92 Å². The second kappa shape index (κ2) is 12.7. The zero-order valence-electron chi connectivity index (χ0n) is 21.6. The van der Waals surface area contributed by atoms with Crippen molar-refractivity contribution in [3.8, 4) is 12.3 Å². The molecule has 3 aliphatic heterocycles. The molecule has 12 nitrogen and oxygen atoms in total. The third-order valence-electron chi connectivity index (χ3n) is 6.81. The molecule has 0 spiro atoms. The minimum Gasteiger partial charge on any atom is -0.481 e. The van der Waals surface area contributed by atoms with Gasteiger partial charge in [-0.3, -0.25) is 28.8 Å². The van der Waals surface area contributed by atoms with Gasteiger partial charge in [-0.15, -0.1) is 12.3 Å². The summed E-state index contributed by atoms with van der Waals surface area (Å²) in [6.07, 6.45) is 4.88. The molecule has 39 heavy (non-hydrogen) atoms. The lowest BCUT2D eigenvalue weighted by Crippen LogP contribution is -2.79. The fourth-order valence-electron chi connectivity index (χ4n) is 4.91. The maximum atomic E-state index is 13.3. The molecule has 0 saturated carbocycles. The van der Waals surface area contributed by atoms with Gasteiger partial charge in [0.2, 0.25) is 23.6 Å². The number of terminal acetylenes is 1. The Bertz CT molecular complexity index is 984. The van der Waals surface area contributed by atoms with E-state index in [0.717, 1.165) is 9.80 Å². The molecule has 0 aliphatic carbocycles. The molecule has 1 atom stereocenters. The highest BCUT2D eigenvalue weighted by Gasteiger charge is 2.71. The Morgan fingerprint density at radius 1 is 0.897 bits per heavy atom. The summed E-state index contributed by atoms with van der Waals surface area (Å²) in [4.78, 5) is 77.5. The Balaban J connectivity index is 2.21. The van der Waals surface area contributed by atoms with Crippen molar-refractivity contribution in [1.82, 2.24) is 9.80 Å². The number of carboxylic acids is 2. The van der Waals surface area contributed by atoms with Crippen molar-refractivity contribution in [3.05, 3.63) is 0 Å². The molecule has 3 heterocycles. The zero-order valence-corrected chi connectivity index (χ0v) is 23.3. The first-order chi connectivity index (χ1) is 18.4. The van der Waals surface area contributed by atoms with Crippen LogP contribution in [0.2, 0.25) is 0 Å². The van der Waals surface area contributed by atoms with Gasteiger partial charge in [-0.25, -0.2) is 9.80 Å². The molecule has 0 bridgehead atoms. The molecular formula is C25H32N2O10S2. The van der Waals surface area contributed by atoms with Crippen molar-refractivity contribution in [3.63, 3.8) is 0 Å². The molecule has 214 valence electrons. The lowest BCUT2D eigenvalue weighted by atomic mass is 9.82. The fourth-order valence-corrected chi connectivity index (χ4v) is 7.49. The Morgan fingerprint density at radius 2 is 1.33 bits per heavy atom. The second-order valence-corrected chi connectivity index (χ2v) is 12.0. The molecule has 4 amide bonds. The van der Waals surface area contributed by atoms with E-state index in [1.54, 1.807) is 6.92 Å². The molecule has 0 aromatic carbocycles. The van der Waals surface area contributed by atoms with Crippen LogP contribution in [0.5, 0.6) is 0 Å². The molecule has 14 heteroatoms. The smallest absolute Gasteiger partial charge is 0.304 e. The van der Waals surface area contributed by atoms with E-state index >= 15 is 0 Å². The van der Waals surface area contributed by atoms with Crippen LogP contribution in [-0.4, -0.2) is 96.8 Å². The predicted molar refractivity (Wildman–Crippen MR) is 140 cm³/mol. The van der Waals surface area contributed by atoms with Gasteiger partial charge in [0, 0.05) is 61.5 Å². The van der Waals surface area contributed by atoms with E-state index < -0.39 is 52.6 Å². The van der Waals surface area contributed by atoms with Crippen molar-refractivity contribution < 1.29 is 48.5 Å². The highest BCUT2D eigenvalue weighted by atomic mass is 32.2. The maximum Gasteiger partial charge on any atom is 0.304 e. The number of aliphatic carboxylic acids is 2. The van der Waals surface area contributed by atoms with Crippen LogP contribution in [0.1, 0.15) is 58.3 Å². The van der Waals surface area contributed by atoms with Gasteiger partial charge >= 0.3 is 11.9 Å². The van der Waals surface area contributed by atoms with Crippen molar-refractivity contribution in [1.29, 1.82) is 0 Å². The van der Waals surface area contributed by atoms with E-state index in [-0.39, 0.29) is 81.0 Å². The van der Waals surface area contributed by atoms with Gasteiger partial charge in [0.25, 0.3) is 5.85 Å². The van der Waals surface area contributed by atoms with Gasteiger partial charge in [-0.1, -0.05) is 0 Å². The van der Waals surface area contributed by atoms with Gasteiger partial charge in [-0.2, -0.15) is 23.5 Å². The van der Waals surface area contributed by atoms with Gasteiger partial charge in [0.1, 0.15) is 0 Å². The molecule has 3 aliphatic rings. The van der Waals surface area contributed by atoms with Crippen LogP contribution >= 0.6 is 23.5 Å². The highest BCUT2D eigenvalue weighted by Crippen LogP contribution is 2.54. The standard InChI is InChI=1S/C25H32N2O10S2/c1-3-4-11-23(2)36-14-24(15-38-12-9-21(32)33,16-39-13-10-22(34)35)25(37-23,26-17(28)5-6-18(26)29)27-19(30)7-8-20(27)31/h1H,4-16H2,2H3,(H,32,33)(H,34,35). The third-order valence-corrected chi connectivity index (χ3v) is 9.31. The number of hydrogen-bond acceptors (Lipinski definition) is 10. The SMILES string of the molecule is C#CCCC1(C)OCC(CSCCC(=O)O)(CSCCC(=O)O)C(N2C(=O)CCC2=O)(N2C(=O)CCC2=O)O1. The Kier molecular flexibility index (Phi) is 10.1. The average Bonchev–Trinajstić information content (AvgIpc) is 3.39. The summed E-state index contributed by atoms with van der Waals surface area (Å²) in [5.41, 5.74) is -1.42. The van der Waals surface area contributed by atoms with Gasteiger partial charge in [0.05, 0.1) is 24.9 Å². The summed E-state index contributed by atoms with van der Waals surface area (Å²) in [5, 5.41) is 18.3. The Labute approximate surface area is 234 Å². The molecule has 3 rings (SSSR count). The van der Waals surface area contributed by atoms with E-state index in [9.17, 15) is 28.8 Å². The largest absolute Gasteiger partial charge is 0.481 e. The molecule has 1 unspecified atom stereocenters. The first-order valence-corrected chi connectivity index (χ1v) is 14.8. The molecule has 0 aromatic heterocycles. The normalized spacial score (nSPS) is 24.3. The van der Waals surface area contributed by atoms with Crippen molar-refractivity contribution in [2.75, 3.05) is 29.6 Å². The number of hydrogen-bond donors (Lipinski definition) is 2. The zero-order chi connectivity index (χ0) is 28.8. The third kappa shape index (κ3) is 6.42. The first kappa shape index (κ1) is 30.9. The number of nitrogens with zero attached hydrogens (tertiary/aromatic N) is 2.